The van der Waals surface area contributed by atoms with Crippen molar-refractivity contribution in [1.29, 1.82) is 5.26 Å². The lowest BCUT2D eigenvalue weighted by Gasteiger charge is -2.43. The van der Waals surface area contributed by atoms with Crippen LogP contribution in [-0.4, -0.2) is 19.7 Å². The maximum Gasteiger partial charge on any atom is 0.143 e. The number of nitrogens with zero attached hydrogens (tertiary/aromatic N) is 5. The Labute approximate surface area is 131 Å². The number of pyridine rings is 1. The first-order valence-corrected chi connectivity index (χ1v) is 7.06. The topological polar surface area (TPSA) is 67.4 Å². The maximum absolute atomic E-state index is 8.80. The predicted molar refractivity (Wildman–Crippen MR) is 79.0 cm³/mol. The van der Waals surface area contributed by atoms with Crippen molar-refractivity contribution in [2.75, 3.05) is 0 Å². The first-order valence-electron chi connectivity index (χ1n) is 6.31. The van der Waals surface area contributed by atoms with Crippen LogP contribution in [0.5, 0.6) is 0 Å². The number of rotatable bonds is 2. The number of allylic oxidation sites excluding steroid dienone is 2. The maximum atomic E-state index is 8.80. The van der Waals surface area contributed by atoms with Gasteiger partial charge in [0.1, 0.15) is 22.5 Å². The van der Waals surface area contributed by atoms with Gasteiger partial charge in [0.15, 0.2) is 0 Å². The summed E-state index contributed by atoms with van der Waals surface area (Å²) in [6.45, 7) is 0. The van der Waals surface area contributed by atoms with E-state index in [2.05, 4.69) is 21.3 Å². The van der Waals surface area contributed by atoms with E-state index < -0.39 is 0 Å². The minimum atomic E-state index is -0.357. The molecule has 2 aromatic heterocycles. The Balaban J connectivity index is 2.13. The van der Waals surface area contributed by atoms with Crippen molar-refractivity contribution in [3.8, 4) is 6.07 Å². The van der Waals surface area contributed by atoms with E-state index >= 15 is 0 Å². The summed E-state index contributed by atoms with van der Waals surface area (Å²) in [4.78, 5) is 3.99. The Kier molecular flexibility index (Phi) is 3.44. The SMILES string of the molecule is Cn1cnnc1C1(c2cc(Cl)nc(Cl)c2)CC(=CC#N)C1. The quantitative estimate of drug-likeness (QED) is 0.630. The minimum Gasteiger partial charge on any atom is -0.320 e. The van der Waals surface area contributed by atoms with E-state index in [-0.39, 0.29) is 5.41 Å². The minimum absolute atomic E-state index is 0.344. The van der Waals surface area contributed by atoms with E-state index in [9.17, 15) is 0 Å². The lowest BCUT2D eigenvalue weighted by atomic mass is 9.61. The summed E-state index contributed by atoms with van der Waals surface area (Å²) >= 11 is 12.1. The molecule has 0 bridgehead atoms. The molecule has 1 saturated carbocycles. The lowest BCUT2D eigenvalue weighted by molar-refractivity contribution is 0.368. The third kappa shape index (κ3) is 2.31. The molecule has 0 unspecified atom stereocenters. The van der Waals surface area contributed by atoms with Gasteiger partial charge in [-0.05, 0) is 30.5 Å². The average Bonchev–Trinajstić information content (AvgIpc) is 2.78. The molecule has 0 radical (unpaired) electrons. The molecule has 0 saturated heterocycles. The molecule has 2 aromatic rings. The van der Waals surface area contributed by atoms with Gasteiger partial charge < -0.3 is 4.57 Å². The third-order valence-electron chi connectivity index (χ3n) is 3.78. The van der Waals surface area contributed by atoms with Crippen molar-refractivity contribution in [2.45, 2.75) is 18.3 Å². The van der Waals surface area contributed by atoms with Gasteiger partial charge in [-0.15, -0.1) is 10.2 Å². The Morgan fingerprint density at radius 1 is 1.33 bits per heavy atom. The van der Waals surface area contributed by atoms with Crippen LogP contribution in [0.25, 0.3) is 0 Å². The smallest absolute Gasteiger partial charge is 0.143 e. The van der Waals surface area contributed by atoms with Crippen molar-refractivity contribution in [1.82, 2.24) is 19.7 Å². The summed E-state index contributed by atoms with van der Waals surface area (Å²) in [5.74, 6) is 0.830. The number of hydrogen-bond donors (Lipinski definition) is 0. The summed E-state index contributed by atoms with van der Waals surface area (Å²) in [5.41, 5.74) is 1.66. The lowest BCUT2D eigenvalue weighted by Crippen LogP contribution is -2.40. The molecule has 0 atom stereocenters. The highest BCUT2D eigenvalue weighted by Crippen LogP contribution is 2.51. The van der Waals surface area contributed by atoms with Gasteiger partial charge in [0.25, 0.3) is 0 Å². The van der Waals surface area contributed by atoms with Crippen LogP contribution >= 0.6 is 23.2 Å². The summed E-state index contributed by atoms with van der Waals surface area (Å²) in [6, 6.07) is 5.67. The average molecular weight is 320 g/mol. The summed E-state index contributed by atoms with van der Waals surface area (Å²) in [6.07, 6.45) is 4.64. The molecule has 21 heavy (non-hydrogen) atoms. The number of halogens is 2. The summed E-state index contributed by atoms with van der Waals surface area (Å²) in [7, 11) is 1.90. The van der Waals surface area contributed by atoms with Gasteiger partial charge >= 0.3 is 0 Å². The number of aromatic nitrogens is 4. The standard InChI is InChI=1S/C14H11Cl2N5/c1-21-8-18-20-13(21)14(6-9(7-14)2-3-17)10-4-11(15)19-12(16)5-10/h2,4-5,8H,6-7H2,1H3. The van der Waals surface area contributed by atoms with Gasteiger partial charge in [-0.3, -0.25) is 0 Å². The van der Waals surface area contributed by atoms with E-state index in [1.807, 2.05) is 11.6 Å². The second-order valence-corrected chi connectivity index (χ2v) is 5.91. The van der Waals surface area contributed by atoms with Gasteiger partial charge in [-0.25, -0.2) is 4.98 Å². The highest BCUT2D eigenvalue weighted by atomic mass is 35.5. The van der Waals surface area contributed by atoms with Gasteiger partial charge in [0.05, 0.1) is 11.5 Å². The first kappa shape index (κ1) is 14.1. The van der Waals surface area contributed by atoms with Crippen LogP contribution in [0.3, 0.4) is 0 Å². The highest BCUT2D eigenvalue weighted by molar-refractivity contribution is 6.32. The second-order valence-electron chi connectivity index (χ2n) is 5.13. The van der Waals surface area contributed by atoms with Crippen LogP contribution in [-0.2, 0) is 12.5 Å². The van der Waals surface area contributed by atoms with Gasteiger partial charge in [-0.2, -0.15) is 5.26 Å². The van der Waals surface area contributed by atoms with E-state index in [0.29, 0.717) is 23.1 Å². The van der Waals surface area contributed by atoms with Crippen molar-refractivity contribution in [2.24, 2.45) is 7.05 Å². The van der Waals surface area contributed by atoms with Crippen molar-refractivity contribution in [3.63, 3.8) is 0 Å². The van der Waals surface area contributed by atoms with E-state index in [0.717, 1.165) is 17.0 Å². The molecule has 0 aromatic carbocycles. The molecule has 2 heterocycles. The Morgan fingerprint density at radius 2 is 2.00 bits per heavy atom. The molecule has 1 aliphatic carbocycles. The fourth-order valence-electron chi connectivity index (χ4n) is 2.87. The molecule has 106 valence electrons. The molecular formula is C14H11Cl2N5. The third-order valence-corrected chi connectivity index (χ3v) is 4.17. The Bertz CT molecular complexity index is 744. The molecule has 5 nitrogen and oxygen atoms in total. The molecule has 0 spiro atoms. The van der Waals surface area contributed by atoms with Crippen molar-refractivity contribution >= 4 is 23.2 Å². The monoisotopic (exact) mass is 319 g/mol. The molecule has 1 aliphatic rings. The normalized spacial score (nSPS) is 20.8. The molecule has 0 aliphatic heterocycles. The van der Waals surface area contributed by atoms with Gasteiger partial charge in [0.2, 0.25) is 0 Å². The summed E-state index contributed by atoms with van der Waals surface area (Å²) in [5, 5.41) is 17.7. The predicted octanol–water partition coefficient (Wildman–Crippen LogP) is 3.05. The number of nitriles is 1. The van der Waals surface area contributed by atoms with Crippen LogP contribution in [0.2, 0.25) is 10.3 Å². The molecule has 7 heteroatoms. The zero-order valence-corrected chi connectivity index (χ0v) is 12.7. The van der Waals surface area contributed by atoms with Gasteiger partial charge in [-0.1, -0.05) is 28.8 Å². The van der Waals surface area contributed by atoms with Gasteiger partial charge in [0, 0.05) is 13.1 Å². The van der Waals surface area contributed by atoms with Crippen LogP contribution in [0.1, 0.15) is 24.2 Å². The van der Waals surface area contributed by atoms with Crippen LogP contribution in [0.15, 0.2) is 30.1 Å². The largest absolute Gasteiger partial charge is 0.320 e. The number of aryl methyl sites for hydroxylation is 1. The molecule has 3 rings (SSSR count). The van der Waals surface area contributed by atoms with E-state index in [1.54, 1.807) is 24.5 Å². The Morgan fingerprint density at radius 3 is 2.52 bits per heavy atom. The fourth-order valence-corrected chi connectivity index (χ4v) is 3.33. The second kappa shape index (κ2) is 5.14. The fraction of sp³-hybridized carbons (Fsp3) is 0.286. The van der Waals surface area contributed by atoms with Crippen LogP contribution in [0, 0.1) is 11.3 Å². The zero-order chi connectivity index (χ0) is 15.0. The van der Waals surface area contributed by atoms with Crippen LogP contribution < -0.4 is 0 Å². The molecule has 1 fully saturated rings. The first-order chi connectivity index (χ1) is 10.0. The highest BCUT2D eigenvalue weighted by Gasteiger charge is 2.47. The molecule has 0 N–H and O–H groups in total. The number of hydrogen-bond acceptors (Lipinski definition) is 4. The van der Waals surface area contributed by atoms with E-state index in [4.69, 9.17) is 28.5 Å². The zero-order valence-electron chi connectivity index (χ0n) is 11.2. The van der Waals surface area contributed by atoms with Crippen molar-refractivity contribution < 1.29 is 0 Å². The Hall–Kier alpha value is -1.90. The molecule has 0 amide bonds. The van der Waals surface area contributed by atoms with Crippen molar-refractivity contribution in [3.05, 3.63) is 51.8 Å². The molecular weight excluding hydrogens is 309 g/mol. The van der Waals surface area contributed by atoms with E-state index in [1.165, 1.54) is 0 Å². The van der Waals surface area contributed by atoms with Crippen LogP contribution in [0.4, 0.5) is 0 Å². The summed E-state index contributed by atoms with van der Waals surface area (Å²) < 4.78 is 1.88.